The minimum atomic E-state index is -1.49. The molecule has 2 aliphatic heterocycles. The van der Waals surface area contributed by atoms with Crippen LogP contribution in [0.4, 0.5) is 0 Å². The molecule has 6 N–H and O–H groups in total. The largest absolute Gasteiger partial charge is 0.388 e. The molecule has 29 heavy (non-hydrogen) atoms. The first-order valence-corrected chi connectivity index (χ1v) is 10.5. The van der Waals surface area contributed by atoms with Crippen LogP contribution >= 0.6 is 0 Å². The van der Waals surface area contributed by atoms with Crippen molar-refractivity contribution in [3.63, 3.8) is 0 Å². The van der Waals surface area contributed by atoms with Gasteiger partial charge in [0.2, 0.25) is 0 Å². The highest BCUT2D eigenvalue weighted by molar-refractivity contribution is 4.90. The zero-order chi connectivity index (χ0) is 21.4. The maximum absolute atomic E-state index is 10.1. The first kappa shape index (κ1) is 24.9. The van der Waals surface area contributed by atoms with Crippen LogP contribution in [-0.4, -0.2) is 106 Å². The third-order valence-corrected chi connectivity index (χ3v) is 5.33. The lowest BCUT2D eigenvalue weighted by Crippen LogP contribution is -2.60. The predicted molar refractivity (Wildman–Crippen MR) is 99.7 cm³/mol. The molecule has 2 aliphatic rings. The standard InChI is InChI=1S/C19H36O10/c1-2-3-4-5-6-7-8-26-19-17(25)15(23)14(22)12(29-19)10-28-18-16(24)13(21)11(20)9-27-18/h11-25H,2-10H2,1H3. The average Bonchev–Trinajstić information content (AvgIpc) is 2.71. The van der Waals surface area contributed by atoms with Gasteiger partial charge in [0.1, 0.15) is 42.7 Å². The van der Waals surface area contributed by atoms with E-state index < -0.39 is 55.3 Å². The fourth-order valence-electron chi connectivity index (χ4n) is 3.39. The van der Waals surface area contributed by atoms with Crippen LogP contribution in [0.25, 0.3) is 0 Å². The molecule has 2 rings (SSSR count). The summed E-state index contributed by atoms with van der Waals surface area (Å²) in [6.07, 6.45) is -5.42. The zero-order valence-corrected chi connectivity index (χ0v) is 16.9. The Morgan fingerprint density at radius 3 is 2.10 bits per heavy atom. The highest BCUT2D eigenvalue weighted by Crippen LogP contribution is 2.24. The van der Waals surface area contributed by atoms with Gasteiger partial charge in [-0.25, -0.2) is 0 Å². The van der Waals surface area contributed by atoms with E-state index in [9.17, 15) is 30.6 Å². The Morgan fingerprint density at radius 1 is 0.724 bits per heavy atom. The first-order valence-electron chi connectivity index (χ1n) is 10.5. The van der Waals surface area contributed by atoms with Gasteiger partial charge in [-0.05, 0) is 6.42 Å². The molecule has 10 nitrogen and oxygen atoms in total. The van der Waals surface area contributed by atoms with Gasteiger partial charge in [-0.15, -0.1) is 0 Å². The molecule has 172 valence electrons. The highest BCUT2D eigenvalue weighted by Gasteiger charge is 2.45. The van der Waals surface area contributed by atoms with Gasteiger partial charge < -0.3 is 49.6 Å². The Balaban J connectivity index is 1.77. The lowest BCUT2D eigenvalue weighted by atomic mass is 9.99. The number of aliphatic hydroxyl groups is 6. The van der Waals surface area contributed by atoms with Gasteiger partial charge in [0.25, 0.3) is 0 Å². The molecule has 0 amide bonds. The van der Waals surface area contributed by atoms with E-state index in [-0.39, 0.29) is 13.2 Å². The monoisotopic (exact) mass is 424 g/mol. The molecule has 0 aromatic heterocycles. The fraction of sp³-hybridized carbons (Fsp3) is 1.00. The predicted octanol–water partition coefficient (Wildman–Crippen LogP) is -1.37. The van der Waals surface area contributed by atoms with Crippen LogP contribution in [0, 0.1) is 0 Å². The van der Waals surface area contributed by atoms with Gasteiger partial charge in [0.05, 0.1) is 13.2 Å². The minimum Gasteiger partial charge on any atom is -0.388 e. The molecule has 0 radical (unpaired) electrons. The molecule has 2 heterocycles. The second-order valence-corrected chi connectivity index (χ2v) is 7.74. The van der Waals surface area contributed by atoms with Gasteiger partial charge in [-0.3, -0.25) is 0 Å². The average molecular weight is 424 g/mol. The lowest BCUT2D eigenvalue weighted by molar-refractivity contribution is -0.320. The Kier molecular flexibility index (Phi) is 10.7. The van der Waals surface area contributed by atoms with Crippen LogP contribution < -0.4 is 0 Å². The molecule has 9 atom stereocenters. The summed E-state index contributed by atoms with van der Waals surface area (Å²) in [7, 11) is 0. The second kappa shape index (κ2) is 12.5. The Labute approximate surface area is 171 Å². The summed E-state index contributed by atoms with van der Waals surface area (Å²) in [5, 5.41) is 59.3. The van der Waals surface area contributed by atoms with Crippen LogP contribution in [0.5, 0.6) is 0 Å². The maximum Gasteiger partial charge on any atom is 0.186 e. The minimum absolute atomic E-state index is 0.220. The molecule has 9 unspecified atom stereocenters. The third-order valence-electron chi connectivity index (χ3n) is 5.33. The summed E-state index contributed by atoms with van der Waals surface area (Å²) in [5.41, 5.74) is 0. The molecule has 2 fully saturated rings. The third kappa shape index (κ3) is 7.06. The van der Waals surface area contributed by atoms with Gasteiger partial charge in [0, 0.05) is 6.61 Å². The fourth-order valence-corrected chi connectivity index (χ4v) is 3.39. The number of hydrogen-bond acceptors (Lipinski definition) is 10. The van der Waals surface area contributed by atoms with Gasteiger partial charge in [-0.2, -0.15) is 0 Å². The van der Waals surface area contributed by atoms with Crippen LogP contribution in [0.3, 0.4) is 0 Å². The van der Waals surface area contributed by atoms with Crippen molar-refractivity contribution in [2.45, 2.75) is 101 Å². The van der Waals surface area contributed by atoms with Crippen molar-refractivity contribution >= 4 is 0 Å². The number of rotatable bonds is 11. The van der Waals surface area contributed by atoms with Gasteiger partial charge in [-0.1, -0.05) is 39.0 Å². The van der Waals surface area contributed by atoms with Crippen molar-refractivity contribution in [3.8, 4) is 0 Å². The van der Waals surface area contributed by atoms with Crippen molar-refractivity contribution in [1.82, 2.24) is 0 Å². The SMILES string of the molecule is CCCCCCCCOC1OC(COC2OCC(O)C(O)C2O)C(O)C(O)C1O. The van der Waals surface area contributed by atoms with E-state index in [4.69, 9.17) is 18.9 Å². The van der Waals surface area contributed by atoms with E-state index >= 15 is 0 Å². The van der Waals surface area contributed by atoms with Gasteiger partial charge >= 0.3 is 0 Å². The van der Waals surface area contributed by atoms with Crippen LogP contribution in [-0.2, 0) is 18.9 Å². The van der Waals surface area contributed by atoms with Crippen molar-refractivity contribution in [2.75, 3.05) is 19.8 Å². The van der Waals surface area contributed by atoms with E-state index in [0.29, 0.717) is 6.61 Å². The summed E-state index contributed by atoms with van der Waals surface area (Å²) in [6.45, 7) is 1.99. The van der Waals surface area contributed by atoms with Gasteiger partial charge in [0.15, 0.2) is 12.6 Å². The molecular formula is C19H36O10. The molecule has 0 spiro atoms. The number of aliphatic hydroxyl groups excluding tert-OH is 6. The second-order valence-electron chi connectivity index (χ2n) is 7.74. The van der Waals surface area contributed by atoms with E-state index in [1.807, 2.05) is 0 Å². The molecule has 0 aliphatic carbocycles. The van der Waals surface area contributed by atoms with Crippen molar-refractivity contribution in [1.29, 1.82) is 0 Å². The van der Waals surface area contributed by atoms with Crippen LogP contribution in [0.15, 0.2) is 0 Å². The summed E-state index contributed by atoms with van der Waals surface area (Å²) < 4.78 is 21.6. The Bertz CT molecular complexity index is 453. The van der Waals surface area contributed by atoms with Crippen LogP contribution in [0.2, 0.25) is 0 Å². The molecule has 10 heteroatoms. The highest BCUT2D eigenvalue weighted by atomic mass is 16.7. The summed E-state index contributed by atoms with van der Waals surface area (Å²) in [4.78, 5) is 0. The van der Waals surface area contributed by atoms with Crippen LogP contribution in [0.1, 0.15) is 45.4 Å². The lowest BCUT2D eigenvalue weighted by Gasteiger charge is -2.41. The Hall–Kier alpha value is -0.400. The number of ether oxygens (including phenoxy) is 4. The Morgan fingerprint density at radius 2 is 1.38 bits per heavy atom. The molecule has 0 aromatic rings. The van der Waals surface area contributed by atoms with E-state index in [0.717, 1.165) is 19.3 Å². The summed E-state index contributed by atoms with van der Waals surface area (Å²) in [6, 6.07) is 0. The molecular weight excluding hydrogens is 388 g/mol. The summed E-state index contributed by atoms with van der Waals surface area (Å²) >= 11 is 0. The summed E-state index contributed by atoms with van der Waals surface area (Å²) in [5.74, 6) is 0. The first-order chi connectivity index (χ1) is 13.9. The van der Waals surface area contributed by atoms with E-state index in [1.54, 1.807) is 0 Å². The zero-order valence-electron chi connectivity index (χ0n) is 16.9. The smallest absolute Gasteiger partial charge is 0.186 e. The van der Waals surface area contributed by atoms with Crippen molar-refractivity contribution in [2.24, 2.45) is 0 Å². The molecule has 2 saturated heterocycles. The molecule has 0 aromatic carbocycles. The van der Waals surface area contributed by atoms with E-state index in [2.05, 4.69) is 6.92 Å². The number of unbranched alkanes of at least 4 members (excludes halogenated alkanes) is 5. The van der Waals surface area contributed by atoms with Crippen molar-refractivity contribution < 1.29 is 49.6 Å². The maximum atomic E-state index is 10.1. The quantitative estimate of drug-likeness (QED) is 0.218. The molecule has 0 bridgehead atoms. The number of hydrogen-bond donors (Lipinski definition) is 6. The van der Waals surface area contributed by atoms with Crippen molar-refractivity contribution in [3.05, 3.63) is 0 Å². The normalized spacial score (nSPS) is 40.9. The molecule has 0 saturated carbocycles. The van der Waals surface area contributed by atoms with E-state index in [1.165, 1.54) is 19.3 Å². The topological polar surface area (TPSA) is 158 Å².